The molecule has 3 aromatic rings. The van der Waals surface area contributed by atoms with E-state index in [1.165, 1.54) is 13.3 Å². The van der Waals surface area contributed by atoms with Crippen molar-refractivity contribution in [3.05, 3.63) is 42.5 Å². The molecular weight excluding hydrogens is 354 g/mol. The summed E-state index contributed by atoms with van der Waals surface area (Å²) in [4.78, 5) is -0.308. The Morgan fingerprint density at radius 2 is 2.04 bits per heavy atom. The van der Waals surface area contributed by atoms with Crippen LogP contribution in [-0.2, 0) is 17.1 Å². The molecular formula is C14H14F2N6O2S. The van der Waals surface area contributed by atoms with Gasteiger partial charge in [-0.15, -0.1) is 10.2 Å². The van der Waals surface area contributed by atoms with E-state index in [-0.39, 0.29) is 16.3 Å². The van der Waals surface area contributed by atoms with Crippen LogP contribution in [0.5, 0.6) is 0 Å². The molecule has 25 heavy (non-hydrogen) atoms. The first-order chi connectivity index (χ1) is 11.8. The van der Waals surface area contributed by atoms with Crippen LogP contribution in [0, 0.1) is 6.92 Å². The van der Waals surface area contributed by atoms with Gasteiger partial charge in [-0.05, 0) is 19.1 Å². The van der Waals surface area contributed by atoms with Gasteiger partial charge in [-0.2, -0.15) is 13.9 Å². The Morgan fingerprint density at radius 3 is 2.64 bits per heavy atom. The average Bonchev–Trinajstić information content (AvgIpc) is 3.13. The van der Waals surface area contributed by atoms with E-state index in [0.29, 0.717) is 16.1 Å². The van der Waals surface area contributed by atoms with E-state index in [9.17, 15) is 17.2 Å². The van der Waals surface area contributed by atoms with Crippen molar-refractivity contribution in [1.29, 1.82) is 0 Å². The molecule has 132 valence electrons. The Hall–Kier alpha value is -2.82. The van der Waals surface area contributed by atoms with Gasteiger partial charge in [-0.25, -0.2) is 13.1 Å². The number of alkyl halides is 2. The summed E-state index contributed by atoms with van der Waals surface area (Å²) < 4.78 is 54.7. The minimum atomic E-state index is -4.06. The molecule has 3 rings (SSSR count). The highest BCUT2D eigenvalue weighted by Gasteiger charge is 2.23. The third-order valence-corrected chi connectivity index (χ3v) is 4.93. The van der Waals surface area contributed by atoms with E-state index in [1.807, 2.05) is 0 Å². The van der Waals surface area contributed by atoms with Crippen molar-refractivity contribution >= 4 is 15.7 Å². The van der Waals surface area contributed by atoms with Crippen molar-refractivity contribution in [3.8, 4) is 11.4 Å². The number of aryl methyl sites for hydroxylation is 2. The summed E-state index contributed by atoms with van der Waals surface area (Å²) >= 11 is 0. The quantitative estimate of drug-likeness (QED) is 0.745. The Labute approximate surface area is 142 Å². The number of hydrogen-bond acceptors (Lipinski definition) is 5. The fraction of sp³-hybridized carbons (Fsp3) is 0.214. The second-order valence-electron chi connectivity index (χ2n) is 5.29. The van der Waals surface area contributed by atoms with Gasteiger partial charge in [-0.1, -0.05) is 12.1 Å². The maximum Gasteiger partial charge on any atom is 0.333 e. The summed E-state index contributed by atoms with van der Waals surface area (Å²) in [5, 5.41) is 11.2. The lowest BCUT2D eigenvalue weighted by atomic mass is 10.2. The van der Waals surface area contributed by atoms with E-state index < -0.39 is 16.6 Å². The second-order valence-corrected chi connectivity index (χ2v) is 6.94. The van der Waals surface area contributed by atoms with Gasteiger partial charge in [0, 0.05) is 18.3 Å². The molecule has 8 nitrogen and oxygen atoms in total. The molecule has 0 bridgehead atoms. The number of anilines is 1. The number of sulfonamides is 1. The van der Waals surface area contributed by atoms with Crippen LogP contribution in [0.3, 0.4) is 0 Å². The van der Waals surface area contributed by atoms with Gasteiger partial charge in [0.05, 0.1) is 11.9 Å². The summed E-state index contributed by atoms with van der Waals surface area (Å²) in [6.45, 7) is -1.56. The smallest absolute Gasteiger partial charge is 0.317 e. The van der Waals surface area contributed by atoms with Gasteiger partial charge >= 0.3 is 6.55 Å². The molecule has 2 heterocycles. The highest BCUT2D eigenvalue weighted by molar-refractivity contribution is 7.92. The van der Waals surface area contributed by atoms with Crippen molar-refractivity contribution in [2.45, 2.75) is 18.4 Å². The number of nitrogens with one attached hydrogen (secondary N) is 1. The monoisotopic (exact) mass is 368 g/mol. The molecule has 0 spiro atoms. The Balaban J connectivity index is 1.93. The maximum atomic E-state index is 12.7. The van der Waals surface area contributed by atoms with Crippen LogP contribution < -0.4 is 4.72 Å². The normalized spacial score (nSPS) is 11.9. The number of benzene rings is 1. The fourth-order valence-corrected chi connectivity index (χ4v) is 3.53. The van der Waals surface area contributed by atoms with Gasteiger partial charge in [0.2, 0.25) is 0 Å². The number of halogens is 2. The molecule has 0 aliphatic heterocycles. The lowest BCUT2D eigenvalue weighted by Crippen LogP contribution is -2.13. The van der Waals surface area contributed by atoms with Crippen LogP contribution in [0.2, 0.25) is 0 Å². The summed E-state index contributed by atoms with van der Waals surface area (Å²) in [5.74, 6) is 0.558. The van der Waals surface area contributed by atoms with Crippen LogP contribution in [0.4, 0.5) is 14.5 Å². The van der Waals surface area contributed by atoms with E-state index in [4.69, 9.17) is 0 Å². The predicted octanol–water partition coefficient (Wildman–Crippen LogP) is 2.18. The SMILES string of the molecule is Cc1nn(C(F)F)cc1S(=O)(=O)Nc1cccc(-c2nncn2C)c1. The molecule has 0 unspecified atom stereocenters. The van der Waals surface area contributed by atoms with E-state index in [1.54, 1.807) is 35.9 Å². The molecule has 0 aliphatic rings. The minimum Gasteiger partial charge on any atom is -0.317 e. The standard InChI is InChI=1S/C14H14F2N6O2S/c1-9-12(7-22(19-9)14(15)16)25(23,24)20-11-5-3-4-10(6-11)13-18-17-8-21(13)2/h3-8,14,20H,1-2H3. The van der Waals surface area contributed by atoms with Gasteiger partial charge in [0.25, 0.3) is 10.0 Å². The zero-order valence-electron chi connectivity index (χ0n) is 13.3. The van der Waals surface area contributed by atoms with Crippen molar-refractivity contribution in [2.75, 3.05) is 4.72 Å². The number of hydrogen-bond donors (Lipinski definition) is 1. The van der Waals surface area contributed by atoms with E-state index in [2.05, 4.69) is 20.0 Å². The Kier molecular flexibility index (Phi) is 4.25. The van der Waals surface area contributed by atoms with Crippen LogP contribution in [-0.4, -0.2) is 33.0 Å². The van der Waals surface area contributed by atoms with Crippen LogP contribution >= 0.6 is 0 Å². The molecule has 0 radical (unpaired) electrons. The van der Waals surface area contributed by atoms with Crippen LogP contribution in [0.1, 0.15) is 12.2 Å². The highest BCUT2D eigenvalue weighted by Crippen LogP contribution is 2.24. The first kappa shape index (κ1) is 17.0. The van der Waals surface area contributed by atoms with Gasteiger partial charge < -0.3 is 4.57 Å². The van der Waals surface area contributed by atoms with Crippen LogP contribution in [0.25, 0.3) is 11.4 Å². The lowest BCUT2D eigenvalue weighted by molar-refractivity contribution is 0.0561. The molecule has 0 saturated heterocycles. The zero-order valence-corrected chi connectivity index (χ0v) is 14.1. The zero-order chi connectivity index (χ0) is 18.2. The molecule has 0 saturated carbocycles. The second kappa shape index (κ2) is 6.24. The predicted molar refractivity (Wildman–Crippen MR) is 85.5 cm³/mol. The Morgan fingerprint density at radius 1 is 1.28 bits per heavy atom. The summed E-state index contributed by atoms with van der Waals surface area (Å²) in [5.41, 5.74) is 0.905. The molecule has 2 aromatic heterocycles. The lowest BCUT2D eigenvalue weighted by Gasteiger charge is -2.08. The average molecular weight is 368 g/mol. The summed E-state index contributed by atoms with van der Waals surface area (Å²) in [6.07, 6.45) is 2.32. The number of nitrogens with zero attached hydrogens (tertiary/aromatic N) is 5. The number of rotatable bonds is 5. The van der Waals surface area contributed by atoms with Crippen molar-refractivity contribution in [2.24, 2.45) is 7.05 Å². The third kappa shape index (κ3) is 3.36. The highest BCUT2D eigenvalue weighted by atomic mass is 32.2. The van der Waals surface area contributed by atoms with E-state index in [0.717, 1.165) is 6.20 Å². The topological polar surface area (TPSA) is 94.7 Å². The summed E-state index contributed by atoms with van der Waals surface area (Å²) in [6, 6.07) is 6.53. The van der Waals surface area contributed by atoms with Gasteiger partial charge in [0.1, 0.15) is 11.2 Å². The maximum absolute atomic E-state index is 12.7. The summed E-state index contributed by atoms with van der Waals surface area (Å²) in [7, 11) is -2.30. The van der Waals surface area contributed by atoms with E-state index >= 15 is 0 Å². The minimum absolute atomic E-state index is 0.0164. The third-order valence-electron chi connectivity index (χ3n) is 3.45. The molecule has 0 atom stereocenters. The van der Waals surface area contributed by atoms with Crippen LogP contribution in [0.15, 0.2) is 41.7 Å². The first-order valence-corrected chi connectivity index (χ1v) is 8.57. The number of aromatic nitrogens is 5. The molecule has 0 fully saturated rings. The molecule has 1 N–H and O–H groups in total. The molecule has 1 aromatic carbocycles. The first-order valence-electron chi connectivity index (χ1n) is 7.09. The van der Waals surface area contributed by atoms with Crippen molar-refractivity contribution < 1.29 is 17.2 Å². The fourth-order valence-electron chi connectivity index (χ4n) is 2.31. The van der Waals surface area contributed by atoms with Crippen molar-refractivity contribution in [1.82, 2.24) is 24.5 Å². The van der Waals surface area contributed by atoms with Gasteiger partial charge in [-0.3, -0.25) is 4.72 Å². The van der Waals surface area contributed by atoms with Crippen molar-refractivity contribution in [3.63, 3.8) is 0 Å². The largest absolute Gasteiger partial charge is 0.333 e. The molecule has 0 aliphatic carbocycles. The Bertz CT molecular complexity index is 1010. The van der Waals surface area contributed by atoms with Gasteiger partial charge in [0.15, 0.2) is 5.82 Å². The molecule has 0 amide bonds. The molecule has 11 heteroatoms.